The van der Waals surface area contributed by atoms with Crippen LogP contribution in [0.1, 0.15) is 76.2 Å². The van der Waals surface area contributed by atoms with Crippen molar-refractivity contribution in [3.63, 3.8) is 0 Å². The Morgan fingerprint density at radius 3 is 2.42 bits per heavy atom. The summed E-state index contributed by atoms with van der Waals surface area (Å²) in [6.45, 7) is 9.63. The molecular weight excluding hydrogens is 574 g/mol. The van der Waals surface area contributed by atoms with Crippen molar-refractivity contribution in [2.24, 2.45) is 0 Å². The lowest BCUT2D eigenvalue weighted by atomic mass is 10.1. The van der Waals surface area contributed by atoms with Gasteiger partial charge in [-0.15, -0.1) is 0 Å². The van der Waals surface area contributed by atoms with E-state index in [0.717, 1.165) is 23.4 Å². The number of amides is 4. The molecule has 12 heteroatoms. The molecule has 0 saturated carbocycles. The van der Waals surface area contributed by atoms with Crippen LogP contribution in [0, 0.1) is 20.8 Å². The molecule has 2 aromatic heterocycles. The molecule has 2 bridgehead atoms. The molecule has 2 atom stereocenters. The van der Waals surface area contributed by atoms with Crippen LogP contribution in [-0.4, -0.2) is 98.1 Å². The van der Waals surface area contributed by atoms with E-state index in [9.17, 15) is 19.2 Å². The highest BCUT2D eigenvalue weighted by atomic mass is 16.5. The number of aryl methyl sites for hydroxylation is 2. The molecule has 0 aliphatic carbocycles. The number of benzene rings is 1. The van der Waals surface area contributed by atoms with Gasteiger partial charge in [-0.25, -0.2) is 0 Å². The number of rotatable bonds is 5. The highest BCUT2D eigenvalue weighted by Gasteiger charge is 2.43. The second-order valence-corrected chi connectivity index (χ2v) is 11.9. The molecule has 1 aromatic carbocycles. The average molecular weight is 618 g/mol. The Hall–Kier alpha value is -4.48. The van der Waals surface area contributed by atoms with Gasteiger partial charge in [0.2, 0.25) is 11.8 Å². The van der Waals surface area contributed by atoms with Crippen LogP contribution < -0.4 is 5.32 Å². The number of aromatic nitrogens is 3. The lowest BCUT2D eigenvalue weighted by molar-refractivity contribution is -0.139. The van der Waals surface area contributed by atoms with Gasteiger partial charge in [0.25, 0.3) is 11.8 Å². The van der Waals surface area contributed by atoms with Gasteiger partial charge in [0, 0.05) is 50.0 Å². The number of carbonyl (C=O) groups is 4. The molecular formula is C33H43N7O5. The van der Waals surface area contributed by atoms with Crippen LogP contribution in [0.2, 0.25) is 0 Å². The summed E-state index contributed by atoms with van der Waals surface area (Å²) in [4.78, 5) is 59.8. The van der Waals surface area contributed by atoms with Crippen molar-refractivity contribution in [3.8, 4) is 0 Å². The van der Waals surface area contributed by atoms with Gasteiger partial charge in [-0.2, -0.15) is 5.10 Å². The zero-order valence-electron chi connectivity index (χ0n) is 26.6. The molecule has 1 N–H and O–H groups in total. The van der Waals surface area contributed by atoms with Crippen molar-refractivity contribution in [1.29, 1.82) is 0 Å². The molecule has 2 aliphatic heterocycles. The predicted octanol–water partition coefficient (Wildman–Crippen LogP) is 2.91. The molecule has 0 radical (unpaired) electrons. The summed E-state index contributed by atoms with van der Waals surface area (Å²) in [6, 6.07) is 9.57. The minimum atomic E-state index is -0.701. The Balaban J connectivity index is 1.41. The van der Waals surface area contributed by atoms with Crippen LogP contribution in [0.4, 0.5) is 0 Å². The van der Waals surface area contributed by atoms with E-state index < -0.39 is 6.04 Å². The number of nitrogens with zero attached hydrogens (tertiary/aromatic N) is 6. The van der Waals surface area contributed by atoms with Crippen molar-refractivity contribution in [3.05, 3.63) is 70.4 Å². The Bertz CT molecular complexity index is 1530. The van der Waals surface area contributed by atoms with E-state index in [1.165, 1.54) is 0 Å². The largest absolute Gasteiger partial charge is 0.361 e. The van der Waals surface area contributed by atoms with Crippen LogP contribution in [0.15, 0.2) is 40.9 Å². The van der Waals surface area contributed by atoms with Gasteiger partial charge < -0.3 is 24.5 Å². The molecule has 0 spiro atoms. The van der Waals surface area contributed by atoms with Crippen LogP contribution in [-0.2, 0) is 22.6 Å². The maximum absolute atomic E-state index is 13.9. The number of fused-ring (bicyclic) bond motifs is 2. The Morgan fingerprint density at radius 1 is 0.978 bits per heavy atom. The number of carbonyl (C=O) groups excluding carboxylic acids is 4. The van der Waals surface area contributed by atoms with Crippen LogP contribution in [0.3, 0.4) is 0 Å². The molecule has 4 heterocycles. The van der Waals surface area contributed by atoms with Crippen molar-refractivity contribution < 1.29 is 23.7 Å². The minimum absolute atomic E-state index is 0.0222. The molecule has 2 fully saturated rings. The first-order chi connectivity index (χ1) is 21.7. The van der Waals surface area contributed by atoms with Crippen LogP contribution >= 0.6 is 0 Å². The predicted molar refractivity (Wildman–Crippen MR) is 166 cm³/mol. The Morgan fingerprint density at radius 2 is 1.73 bits per heavy atom. The summed E-state index contributed by atoms with van der Waals surface area (Å²) < 4.78 is 6.86. The first-order valence-electron chi connectivity index (χ1n) is 15.9. The van der Waals surface area contributed by atoms with E-state index in [-0.39, 0.29) is 48.5 Å². The van der Waals surface area contributed by atoms with E-state index in [1.807, 2.05) is 32.0 Å². The number of nitrogens with one attached hydrogen (secondary N) is 1. The first kappa shape index (κ1) is 31.9. The fourth-order valence-electron chi connectivity index (χ4n) is 6.51. The van der Waals surface area contributed by atoms with Crippen molar-refractivity contribution >= 4 is 23.6 Å². The molecule has 2 aliphatic rings. The first-order valence-corrected chi connectivity index (χ1v) is 15.9. The zero-order chi connectivity index (χ0) is 32.1. The van der Waals surface area contributed by atoms with Crippen molar-refractivity contribution in [2.45, 2.75) is 78.4 Å². The summed E-state index contributed by atoms with van der Waals surface area (Å²) in [5, 5.41) is 11.5. The summed E-state index contributed by atoms with van der Waals surface area (Å²) >= 11 is 0. The van der Waals surface area contributed by atoms with Gasteiger partial charge in [0.15, 0.2) is 5.69 Å². The standard InChI is InChI=1S/C33H43N7O5/c1-5-27-23(3)35-40(24(27)4)21-30(41)39-20-26-19-29(39)31(42)34-14-9-10-15-37(33(44)28-18-22(2)45-36-28)16-11-17-38(26)32(43)25-12-7-6-8-13-25/h6-8,12-13,18,26,29H,5,9-11,14-17,19-21H2,1-4H3,(H,34,42)/t26-,29-/m0/s1. The molecule has 12 nitrogen and oxygen atoms in total. The van der Waals surface area contributed by atoms with E-state index in [2.05, 4.69) is 22.5 Å². The maximum Gasteiger partial charge on any atom is 0.276 e. The maximum atomic E-state index is 13.9. The number of likely N-dealkylation sites (tertiary alicyclic amines) is 1. The summed E-state index contributed by atoms with van der Waals surface area (Å²) in [5.74, 6) is -0.277. The molecule has 240 valence electrons. The van der Waals surface area contributed by atoms with Crippen molar-refractivity contribution in [1.82, 2.24) is 35.0 Å². The number of hydrogen-bond donors (Lipinski definition) is 1. The lowest BCUT2D eigenvalue weighted by Crippen LogP contribution is -2.47. The van der Waals surface area contributed by atoms with Gasteiger partial charge in [0.1, 0.15) is 18.3 Å². The summed E-state index contributed by atoms with van der Waals surface area (Å²) in [5.41, 5.74) is 3.74. The third kappa shape index (κ3) is 7.10. The van der Waals surface area contributed by atoms with Crippen molar-refractivity contribution in [2.75, 3.05) is 32.7 Å². The van der Waals surface area contributed by atoms with E-state index in [4.69, 9.17) is 4.52 Å². The van der Waals surface area contributed by atoms with E-state index in [1.54, 1.807) is 44.5 Å². The minimum Gasteiger partial charge on any atom is -0.361 e. The summed E-state index contributed by atoms with van der Waals surface area (Å²) in [7, 11) is 0. The van der Waals surface area contributed by atoms with E-state index >= 15 is 0 Å². The van der Waals surface area contributed by atoms with Gasteiger partial charge in [-0.1, -0.05) is 30.3 Å². The lowest BCUT2D eigenvalue weighted by Gasteiger charge is -2.30. The molecule has 2 saturated heterocycles. The fraction of sp³-hybridized carbons (Fsp3) is 0.515. The smallest absolute Gasteiger partial charge is 0.276 e. The topological polar surface area (TPSA) is 134 Å². The van der Waals surface area contributed by atoms with Crippen LogP contribution in [0.25, 0.3) is 0 Å². The molecule has 3 aromatic rings. The molecule has 4 amide bonds. The average Bonchev–Trinajstić information content (AvgIpc) is 3.74. The van der Waals surface area contributed by atoms with Crippen LogP contribution in [0.5, 0.6) is 0 Å². The highest BCUT2D eigenvalue weighted by Crippen LogP contribution is 2.26. The second-order valence-electron chi connectivity index (χ2n) is 11.9. The zero-order valence-corrected chi connectivity index (χ0v) is 26.6. The summed E-state index contributed by atoms with van der Waals surface area (Å²) in [6.07, 6.45) is 3.01. The Labute approximate surface area is 263 Å². The van der Waals surface area contributed by atoms with E-state index in [0.29, 0.717) is 63.2 Å². The molecule has 5 rings (SSSR count). The normalized spacial score (nSPS) is 19.7. The molecule has 0 unspecified atom stereocenters. The monoisotopic (exact) mass is 617 g/mol. The third-order valence-electron chi connectivity index (χ3n) is 8.91. The Kier molecular flexibility index (Phi) is 9.99. The number of hydrogen-bond acceptors (Lipinski definition) is 7. The fourth-order valence-corrected chi connectivity index (χ4v) is 6.51. The SMILES string of the molecule is CCc1c(C)nn(CC(=O)N2C[C@@H]3C[C@H]2C(=O)NCCCCN(C(=O)c2cc(C)on2)CCCN3C(=O)c2ccccc2)c1C. The second kappa shape index (κ2) is 14.1. The molecule has 45 heavy (non-hydrogen) atoms. The highest BCUT2D eigenvalue weighted by molar-refractivity contribution is 5.95. The third-order valence-corrected chi connectivity index (χ3v) is 8.91. The van der Waals surface area contributed by atoms with Gasteiger partial charge in [0.05, 0.1) is 11.7 Å². The van der Waals surface area contributed by atoms with Gasteiger partial charge in [-0.3, -0.25) is 23.9 Å². The van der Waals surface area contributed by atoms with Gasteiger partial charge in [-0.05, 0) is 70.6 Å². The quantitative estimate of drug-likeness (QED) is 0.465. The van der Waals surface area contributed by atoms with Gasteiger partial charge >= 0.3 is 0 Å².